The van der Waals surface area contributed by atoms with Gasteiger partial charge >= 0.3 is 12.1 Å². The van der Waals surface area contributed by atoms with Gasteiger partial charge in [0.05, 0.1) is 27.4 Å². The summed E-state index contributed by atoms with van der Waals surface area (Å²) in [6.07, 6.45) is 2.90. The standard InChI is InChI=1S/C28H41BrN2O7/c1-26(2,3)38-25(33)30(4)20-16-27(11-12-28(17-23(27)29)36-13-14-37-28)31(18-20)22(24(32)35-6)15-19-7-9-21(34-5)10-8-19/h7-10,20,22-23H,11-18H2,1-6H3/t20-,22-,23?,27+/m0/s1. The Morgan fingerprint density at radius 3 is 2.34 bits per heavy atom. The van der Waals surface area contributed by atoms with Crippen LogP contribution in [0.1, 0.15) is 52.0 Å². The van der Waals surface area contributed by atoms with Gasteiger partial charge in [0.25, 0.3) is 0 Å². The molecule has 0 bridgehead atoms. The molecule has 1 amide bonds. The molecule has 9 nitrogen and oxygen atoms in total. The Labute approximate surface area is 234 Å². The van der Waals surface area contributed by atoms with Crippen LogP contribution in [0.2, 0.25) is 0 Å². The average molecular weight is 598 g/mol. The number of halogens is 1. The van der Waals surface area contributed by atoms with E-state index in [0.717, 1.165) is 17.7 Å². The zero-order valence-electron chi connectivity index (χ0n) is 23.3. The highest BCUT2D eigenvalue weighted by molar-refractivity contribution is 9.09. The van der Waals surface area contributed by atoms with Crippen LogP contribution < -0.4 is 4.74 Å². The second kappa shape index (κ2) is 11.3. The predicted molar refractivity (Wildman–Crippen MR) is 146 cm³/mol. The number of likely N-dealkylation sites (N-methyl/N-ethyl adjacent to an activating group) is 1. The summed E-state index contributed by atoms with van der Waals surface area (Å²) >= 11 is 4.00. The van der Waals surface area contributed by atoms with E-state index in [9.17, 15) is 9.59 Å². The third-order valence-electron chi connectivity index (χ3n) is 8.06. The molecular formula is C28H41BrN2O7. The number of carbonyl (C=O) groups is 2. The van der Waals surface area contributed by atoms with Crippen LogP contribution in [0.5, 0.6) is 5.75 Å². The third kappa shape index (κ3) is 5.98. The number of amides is 1. The van der Waals surface area contributed by atoms with E-state index in [4.69, 9.17) is 23.7 Å². The molecule has 0 aromatic heterocycles. The lowest BCUT2D eigenvalue weighted by molar-refractivity contribution is -0.192. The van der Waals surface area contributed by atoms with Gasteiger partial charge in [0.1, 0.15) is 17.4 Å². The lowest BCUT2D eigenvalue weighted by Crippen LogP contribution is -2.62. The minimum atomic E-state index is -0.601. The lowest BCUT2D eigenvalue weighted by atomic mass is 9.75. The van der Waals surface area contributed by atoms with Crippen molar-refractivity contribution in [2.24, 2.45) is 0 Å². The topological polar surface area (TPSA) is 86.8 Å². The van der Waals surface area contributed by atoms with E-state index < -0.39 is 23.0 Å². The molecular weight excluding hydrogens is 556 g/mol. The van der Waals surface area contributed by atoms with Crippen molar-refractivity contribution in [1.82, 2.24) is 9.80 Å². The van der Waals surface area contributed by atoms with E-state index in [-0.39, 0.29) is 22.9 Å². The van der Waals surface area contributed by atoms with Gasteiger partial charge in [-0.25, -0.2) is 4.79 Å². The number of ether oxygens (including phenoxy) is 5. The van der Waals surface area contributed by atoms with Gasteiger partial charge in [-0.05, 0) is 57.7 Å². The molecule has 2 saturated heterocycles. The van der Waals surface area contributed by atoms with Crippen molar-refractivity contribution in [2.75, 3.05) is 41.0 Å². The van der Waals surface area contributed by atoms with Gasteiger partial charge in [-0.1, -0.05) is 28.1 Å². The number of alkyl halides is 1. The Morgan fingerprint density at radius 1 is 1.13 bits per heavy atom. The minimum absolute atomic E-state index is 0.0260. The van der Waals surface area contributed by atoms with E-state index in [0.29, 0.717) is 45.4 Å². The summed E-state index contributed by atoms with van der Waals surface area (Å²) in [6, 6.07) is 7.06. The van der Waals surface area contributed by atoms with Crippen molar-refractivity contribution in [3.63, 3.8) is 0 Å². The first kappa shape index (κ1) is 29.1. The van der Waals surface area contributed by atoms with Crippen molar-refractivity contribution in [1.29, 1.82) is 0 Å². The maximum Gasteiger partial charge on any atom is 0.410 e. The van der Waals surface area contributed by atoms with E-state index in [2.05, 4.69) is 20.8 Å². The van der Waals surface area contributed by atoms with Gasteiger partial charge in [0.15, 0.2) is 5.79 Å². The van der Waals surface area contributed by atoms with Crippen molar-refractivity contribution in [2.45, 2.75) is 86.7 Å². The fourth-order valence-electron chi connectivity index (χ4n) is 6.06. The summed E-state index contributed by atoms with van der Waals surface area (Å²) in [6.45, 7) is 7.27. The molecule has 2 heterocycles. The summed E-state index contributed by atoms with van der Waals surface area (Å²) in [7, 11) is 4.84. The Kier molecular flexibility index (Phi) is 8.67. The fourth-order valence-corrected chi connectivity index (χ4v) is 7.23. The largest absolute Gasteiger partial charge is 0.497 e. The minimum Gasteiger partial charge on any atom is -0.497 e. The number of rotatable bonds is 6. The number of hydrogen-bond acceptors (Lipinski definition) is 8. The molecule has 10 heteroatoms. The predicted octanol–water partition coefficient (Wildman–Crippen LogP) is 4.15. The molecule has 212 valence electrons. The maximum absolute atomic E-state index is 13.3. The Hall–Kier alpha value is -1.88. The van der Waals surface area contributed by atoms with Crippen LogP contribution in [-0.4, -0.2) is 96.7 Å². The number of likely N-dealkylation sites (tertiary alicyclic amines) is 1. The smallest absolute Gasteiger partial charge is 0.410 e. The van der Waals surface area contributed by atoms with Crippen molar-refractivity contribution >= 4 is 28.0 Å². The first-order chi connectivity index (χ1) is 17.9. The molecule has 1 aliphatic carbocycles. The van der Waals surface area contributed by atoms with E-state index in [1.54, 1.807) is 19.1 Å². The van der Waals surface area contributed by atoms with Crippen molar-refractivity contribution < 1.29 is 33.3 Å². The Balaban J connectivity index is 1.66. The molecule has 2 aliphatic heterocycles. The summed E-state index contributed by atoms with van der Waals surface area (Å²) in [5.74, 6) is -0.138. The van der Waals surface area contributed by atoms with Crippen LogP contribution in [0.25, 0.3) is 0 Å². The molecule has 1 unspecified atom stereocenters. The number of hydrogen-bond donors (Lipinski definition) is 0. The van der Waals surface area contributed by atoms with Crippen LogP contribution in [0.4, 0.5) is 4.79 Å². The van der Waals surface area contributed by atoms with Crippen LogP contribution in [0, 0.1) is 0 Å². The molecule has 38 heavy (non-hydrogen) atoms. The first-order valence-corrected chi connectivity index (χ1v) is 14.2. The quantitative estimate of drug-likeness (QED) is 0.357. The van der Waals surface area contributed by atoms with Crippen molar-refractivity contribution in [3.05, 3.63) is 29.8 Å². The van der Waals surface area contributed by atoms with Gasteiger partial charge in [-0.3, -0.25) is 9.69 Å². The average Bonchev–Trinajstić information content (AvgIpc) is 3.49. The number of methoxy groups -OCH3 is 2. The van der Waals surface area contributed by atoms with E-state index >= 15 is 0 Å². The van der Waals surface area contributed by atoms with Gasteiger partial charge in [-0.15, -0.1) is 0 Å². The SMILES string of the molecule is COC(=O)[C@H](Cc1ccc(OC)cc1)N1C[C@@H](N(C)C(=O)OC(C)(C)C)C[C@@]12CCC1(CC2Br)OCCO1. The summed E-state index contributed by atoms with van der Waals surface area (Å²) in [4.78, 5) is 30.3. The summed E-state index contributed by atoms with van der Waals surface area (Å²) < 4.78 is 28.4. The zero-order chi connectivity index (χ0) is 27.7. The molecule has 1 saturated carbocycles. The normalized spacial score (nSPS) is 27.9. The highest BCUT2D eigenvalue weighted by Crippen LogP contribution is 2.52. The number of benzene rings is 1. The highest BCUT2D eigenvalue weighted by Gasteiger charge is 2.60. The molecule has 3 fully saturated rings. The summed E-state index contributed by atoms with van der Waals surface area (Å²) in [5, 5.41) is 0. The monoisotopic (exact) mass is 596 g/mol. The van der Waals surface area contributed by atoms with Crippen LogP contribution >= 0.6 is 15.9 Å². The first-order valence-electron chi connectivity index (χ1n) is 13.3. The molecule has 0 N–H and O–H groups in total. The Bertz CT molecular complexity index is 992. The number of nitrogens with zero attached hydrogens (tertiary/aromatic N) is 2. The lowest BCUT2D eigenvalue weighted by Gasteiger charge is -2.51. The highest BCUT2D eigenvalue weighted by atomic mass is 79.9. The van der Waals surface area contributed by atoms with Gasteiger partial charge in [0, 0.05) is 42.8 Å². The summed E-state index contributed by atoms with van der Waals surface area (Å²) in [5.41, 5.74) is -0.00945. The van der Waals surface area contributed by atoms with Crippen LogP contribution in [0.3, 0.4) is 0 Å². The molecule has 4 rings (SSSR count). The second-order valence-corrected chi connectivity index (χ2v) is 12.7. The molecule has 0 radical (unpaired) electrons. The molecule has 1 aromatic carbocycles. The molecule has 2 spiro atoms. The number of carbonyl (C=O) groups excluding carboxylic acids is 2. The van der Waals surface area contributed by atoms with Gasteiger partial charge in [-0.2, -0.15) is 0 Å². The Morgan fingerprint density at radius 2 is 1.79 bits per heavy atom. The molecule has 3 aliphatic rings. The zero-order valence-corrected chi connectivity index (χ0v) is 24.9. The van der Waals surface area contributed by atoms with Crippen molar-refractivity contribution in [3.8, 4) is 5.75 Å². The second-order valence-electron chi connectivity index (χ2n) is 11.6. The molecule has 4 atom stereocenters. The van der Waals surface area contributed by atoms with E-state index in [1.165, 1.54) is 7.11 Å². The fraction of sp³-hybridized carbons (Fsp3) is 0.714. The van der Waals surface area contributed by atoms with Gasteiger partial charge < -0.3 is 28.6 Å². The van der Waals surface area contributed by atoms with E-state index in [1.807, 2.05) is 45.0 Å². The number of esters is 1. The molecule has 1 aromatic rings. The van der Waals surface area contributed by atoms with Gasteiger partial charge in [0.2, 0.25) is 0 Å². The van der Waals surface area contributed by atoms with Crippen LogP contribution in [0.15, 0.2) is 24.3 Å². The third-order valence-corrected chi connectivity index (χ3v) is 9.24. The van der Waals surface area contributed by atoms with Crippen LogP contribution in [-0.2, 0) is 30.2 Å². The maximum atomic E-state index is 13.3.